The molecule has 1 nitrogen and oxygen atoms in total. The van der Waals surface area contributed by atoms with Gasteiger partial charge in [0.15, 0.2) is 0 Å². The molecule has 0 spiro atoms. The van der Waals surface area contributed by atoms with Crippen molar-refractivity contribution in [3.63, 3.8) is 0 Å². The fraction of sp³-hybridized carbons (Fsp3) is 0.667. The molecule has 1 aliphatic carbocycles. The van der Waals surface area contributed by atoms with Crippen LogP contribution < -0.4 is 0 Å². The Labute approximate surface area is 122 Å². The van der Waals surface area contributed by atoms with Gasteiger partial charge in [0.25, 0.3) is 0 Å². The van der Waals surface area contributed by atoms with Gasteiger partial charge in [-0.15, -0.1) is 0 Å². The average molecular weight is 278 g/mol. The standard InChI is InChI=1S/C18H27FO/c1-11-6-7-14(16(20)10-11)18(4,5)17-13(3)8-12(2)9-15(17)19/h8-9,11,14,16,20H,6-7,10H2,1-5H3. The molecule has 1 aromatic rings. The third-order valence-electron chi connectivity index (χ3n) is 5.08. The zero-order chi connectivity index (χ0) is 15.1. The van der Waals surface area contributed by atoms with E-state index in [4.69, 9.17) is 0 Å². The summed E-state index contributed by atoms with van der Waals surface area (Å²) in [6, 6.07) is 3.65. The number of aryl methyl sites for hydroxylation is 2. The van der Waals surface area contributed by atoms with E-state index in [1.54, 1.807) is 6.07 Å². The van der Waals surface area contributed by atoms with E-state index in [9.17, 15) is 9.50 Å². The number of aliphatic hydroxyl groups excluding tert-OH is 1. The largest absolute Gasteiger partial charge is 0.393 e. The van der Waals surface area contributed by atoms with Gasteiger partial charge in [-0.25, -0.2) is 4.39 Å². The van der Waals surface area contributed by atoms with Gasteiger partial charge < -0.3 is 5.11 Å². The predicted octanol–water partition coefficient (Wildman–Crippen LogP) is 4.52. The summed E-state index contributed by atoms with van der Waals surface area (Å²) in [5, 5.41) is 10.5. The van der Waals surface area contributed by atoms with E-state index in [-0.39, 0.29) is 23.3 Å². The Morgan fingerprint density at radius 2 is 1.85 bits per heavy atom. The molecule has 0 amide bonds. The minimum absolute atomic E-state index is 0.127. The molecular weight excluding hydrogens is 251 g/mol. The fourth-order valence-electron chi connectivity index (χ4n) is 4.11. The van der Waals surface area contributed by atoms with Crippen molar-refractivity contribution in [3.05, 3.63) is 34.6 Å². The highest BCUT2D eigenvalue weighted by Gasteiger charge is 2.41. The number of aliphatic hydroxyl groups is 1. The van der Waals surface area contributed by atoms with E-state index in [1.165, 1.54) is 0 Å². The summed E-state index contributed by atoms with van der Waals surface area (Å²) in [6.07, 6.45) is 2.61. The second-order valence-electron chi connectivity index (χ2n) is 7.25. The van der Waals surface area contributed by atoms with E-state index in [1.807, 2.05) is 19.9 Å². The van der Waals surface area contributed by atoms with Crippen LogP contribution in [0.1, 0.15) is 56.7 Å². The maximum Gasteiger partial charge on any atom is 0.127 e. The van der Waals surface area contributed by atoms with Gasteiger partial charge in [-0.1, -0.05) is 33.3 Å². The second kappa shape index (κ2) is 5.48. The summed E-state index contributed by atoms with van der Waals surface area (Å²) >= 11 is 0. The monoisotopic (exact) mass is 278 g/mol. The zero-order valence-corrected chi connectivity index (χ0v) is 13.3. The number of benzene rings is 1. The van der Waals surface area contributed by atoms with Crippen LogP contribution in [-0.2, 0) is 5.41 Å². The summed E-state index contributed by atoms with van der Waals surface area (Å²) in [7, 11) is 0. The van der Waals surface area contributed by atoms with Crippen LogP contribution in [0.3, 0.4) is 0 Å². The molecule has 1 fully saturated rings. The molecule has 20 heavy (non-hydrogen) atoms. The molecule has 112 valence electrons. The SMILES string of the molecule is Cc1cc(C)c(C(C)(C)C2CCC(C)CC2O)c(F)c1. The average Bonchev–Trinajstić information content (AvgIpc) is 2.25. The molecule has 0 aromatic heterocycles. The van der Waals surface area contributed by atoms with Gasteiger partial charge in [-0.3, -0.25) is 0 Å². The van der Waals surface area contributed by atoms with Gasteiger partial charge in [0, 0.05) is 0 Å². The quantitative estimate of drug-likeness (QED) is 0.843. The van der Waals surface area contributed by atoms with Crippen molar-refractivity contribution in [2.45, 2.75) is 65.4 Å². The van der Waals surface area contributed by atoms with Gasteiger partial charge >= 0.3 is 0 Å². The van der Waals surface area contributed by atoms with Crippen molar-refractivity contribution in [1.82, 2.24) is 0 Å². The van der Waals surface area contributed by atoms with Crippen molar-refractivity contribution in [2.24, 2.45) is 11.8 Å². The smallest absolute Gasteiger partial charge is 0.127 e. The first kappa shape index (κ1) is 15.5. The van der Waals surface area contributed by atoms with Crippen LogP contribution in [0.15, 0.2) is 12.1 Å². The fourth-order valence-corrected chi connectivity index (χ4v) is 4.11. The lowest BCUT2D eigenvalue weighted by Crippen LogP contribution is -2.42. The van der Waals surface area contributed by atoms with Crippen LogP contribution in [0.5, 0.6) is 0 Å². The van der Waals surface area contributed by atoms with Crippen molar-refractivity contribution >= 4 is 0 Å². The lowest BCUT2D eigenvalue weighted by Gasteiger charge is -2.43. The maximum atomic E-state index is 14.5. The zero-order valence-electron chi connectivity index (χ0n) is 13.3. The molecule has 1 saturated carbocycles. The normalized spacial score (nSPS) is 27.6. The van der Waals surface area contributed by atoms with Crippen LogP contribution in [0.4, 0.5) is 4.39 Å². The number of hydrogen-bond acceptors (Lipinski definition) is 1. The first-order valence-electron chi connectivity index (χ1n) is 7.68. The summed E-state index contributed by atoms with van der Waals surface area (Å²) in [5.41, 5.74) is 2.40. The Hall–Kier alpha value is -0.890. The molecule has 1 aromatic carbocycles. The number of hydrogen-bond donors (Lipinski definition) is 1. The number of rotatable bonds is 2. The molecule has 0 heterocycles. The van der Waals surface area contributed by atoms with Gasteiger partial charge in [0.05, 0.1) is 6.10 Å². The first-order chi connectivity index (χ1) is 9.23. The lowest BCUT2D eigenvalue weighted by molar-refractivity contribution is 0.0133. The molecule has 3 unspecified atom stereocenters. The number of halogens is 1. The third kappa shape index (κ3) is 2.76. The molecule has 2 rings (SSSR count). The lowest BCUT2D eigenvalue weighted by atomic mass is 9.63. The second-order valence-corrected chi connectivity index (χ2v) is 7.25. The third-order valence-corrected chi connectivity index (χ3v) is 5.08. The maximum absolute atomic E-state index is 14.5. The highest BCUT2D eigenvalue weighted by Crippen LogP contribution is 2.44. The van der Waals surface area contributed by atoms with Crippen LogP contribution >= 0.6 is 0 Å². The van der Waals surface area contributed by atoms with Gasteiger partial charge in [-0.2, -0.15) is 0 Å². The van der Waals surface area contributed by atoms with Gasteiger partial charge in [0.1, 0.15) is 5.82 Å². The van der Waals surface area contributed by atoms with Crippen LogP contribution in [0.25, 0.3) is 0 Å². The molecule has 1 N–H and O–H groups in total. The van der Waals surface area contributed by atoms with Gasteiger partial charge in [-0.05, 0) is 66.7 Å². The Morgan fingerprint density at radius 3 is 2.40 bits per heavy atom. The summed E-state index contributed by atoms with van der Waals surface area (Å²) in [4.78, 5) is 0. The van der Waals surface area contributed by atoms with Crippen molar-refractivity contribution in [2.75, 3.05) is 0 Å². The van der Waals surface area contributed by atoms with Crippen LogP contribution in [-0.4, -0.2) is 11.2 Å². The molecule has 0 radical (unpaired) electrons. The predicted molar refractivity (Wildman–Crippen MR) is 81.4 cm³/mol. The first-order valence-corrected chi connectivity index (χ1v) is 7.68. The molecule has 2 heteroatoms. The van der Waals surface area contributed by atoms with Crippen molar-refractivity contribution in [3.8, 4) is 0 Å². The minimum atomic E-state index is -0.332. The van der Waals surface area contributed by atoms with E-state index in [0.717, 1.165) is 36.0 Å². The molecule has 3 atom stereocenters. The van der Waals surface area contributed by atoms with E-state index in [2.05, 4.69) is 20.8 Å². The Bertz CT molecular complexity index is 469. The Kier molecular flexibility index (Phi) is 4.24. The van der Waals surface area contributed by atoms with E-state index in [0.29, 0.717) is 5.92 Å². The topological polar surface area (TPSA) is 20.2 Å². The molecule has 1 aliphatic rings. The molecule has 0 aliphatic heterocycles. The molecule has 0 bridgehead atoms. The summed E-state index contributed by atoms with van der Waals surface area (Å²) in [6.45, 7) is 10.2. The Morgan fingerprint density at radius 1 is 1.20 bits per heavy atom. The van der Waals surface area contributed by atoms with E-state index >= 15 is 0 Å². The van der Waals surface area contributed by atoms with Crippen LogP contribution in [0, 0.1) is 31.5 Å². The van der Waals surface area contributed by atoms with Crippen molar-refractivity contribution in [1.29, 1.82) is 0 Å². The van der Waals surface area contributed by atoms with Crippen LogP contribution in [0.2, 0.25) is 0 Å². The highest BCUT2D eigenvalue weighted by molar-refractivity contribution is 5.38. The summed E-state index contributed by atoms with van der Waals surface area (Å²) < 4.78 is 14.5. The molecular formula is C18H27FO. The molecule has 0 saturated heterocycles. The minimum Gasteiger partial charge on any atom is -0.393 e. The van der Waals surface area contributed by atoms with Gasteiger partial charge in [0.2, 0.25) is 0 Å². The highest BCUT2D eigenvalue weighted by atomic mass is 19.1. The Balaban J connectivity index is 2.40. The van der Waals surface area contributed by atoms with E-state index < -0.39 is 0 Å². The summed E-state index contributed by atoms with van der Waals surface area (Å²) in [5.74, 6) is 0.578. The van der Waals surface area contributed by atoms with Crippen molar-refractivity contribution < 1.29 is 9.50 Å².